The van der Waals surface area contributed by atoms with Gasteiger partial charge in [0.15, 0.2) is 0 Å². The number of hydrogen-bond acceptors (Lipinski definition) is 4. The monoisotopic (exact) mass is 357 g/mol. The number of hydrogen-bond donors (Lipinski definition) is 1. The quantitative estimate of drug-likeness (QED) is 0.346. The second-order valence-corrected chi connectivity index (χ2v) is 7.83. The Labute approximate surface area is 148 Å². The van der Waals surface area contributed by atoms with Gasteiger partial charge in [-0.2, -0.15) is 8.42 Å². The molecular formula is C19H35NO3S. The summed E-state index contributed by atoms with van der Waals surface area (Å²) >= 11 is 0. The highest BCUT2D eigenvalue weighted by Crippen LogP contribution is 2.12. The Kier molecular flexibility index (Phi) is 13.9. The van der Waals surface area contributed by atoms with Crippen molar-refractivity contribution in [2.75, 3.05) is 6.61 Å². The van der Waals surface area contributed by atoms with Crippen molar-refractivity contribution in [2.24, 2.45) is 0 Å². The Bertz CT molecular complexity index is 489. The van der Waals surface area contributed by atoms with Crippen LogP contribution >= 0.6 is 0 Å². The molecule has 5 heteroatoms. The molecule has 0 bridgehead atoms. The predicted octanol–water partition coefficient (Wildman–Crippen LogP) is 5.62. The molecule has 1 rings (SSSR count). The summed E-state index contributed by atoms with van der Waals surface area (Å²) in [6, 6.07) is 9.17. The molecule has 0 saturated carbocycles. The molecule has 0 fully saturated rings. The lowest BCUT2D eigenvalue weighted by molar-refractivity contribution is 0.305. The van der Waals surface area contributed by atoms with Gasteiger partial charge in [0, 0.05) is 0 Å². The third kappa shape index (κ3) is 12.5. The van der Waals surface area contributed by atoms with Crippen molar-refractivity contribution in [1.82, 2.24) is 6.15 Å². The third-order valence-corrected chi connectivity index (χ3v) is 5.16. The van der Waals surface area contributed by atoms with E-state index in [-0.39, 0.29) is 11.9 Å². The standard InChI is InChI=1S/C19H32O3S.H3N/c1-2-3-4-5-6-7-8-9-10-14-17-22-23(20,21)18-19-15-12-11-13-16-19;/h11-13,15-16H,2-10,14,17-18H2,1H3;1H3. The molecule has 0 atom stereocenters. The lowest BCUT2D eigenvalue weighted by atomic mass is 10.1. The van der Waals surface area contributed by atoms with Crippen LogP contribution in [0.15, 0.2) is 30.3 Å². The summed E-state index contributed by atoms with van der Waals surface area (Å²) in [5.74, 6) is -0.0361. The van der Waals surface area contributed by atoms with Gasteiger partial charge in [-0.3, -0.25) is 4.18 Å². The van der Waals surface area contributed by atoms with Crippen LogP contribution < -0.4 is 6.15 Å². The van der Waals surface area contributed by atoms with Crippen molar-refractivity contribution in [1.29, 1.82) is 0 Å². The summed E-state index contributed by atoms with van der Waals surface area (Å²) < 4.78 is 28.8. The van der Waals surface area contributed by atoms with Crippen molar-refractivity contribution >= 4 is 10.1 Å². The summed E-state index contributed by atoms with van der Waals surface area (Å²) in [4.78, 5) is 0. The van der Waals surface area contributed by atoms with Crippen LogP contribution in [0.3, 0.4) is 0 Å². The van der Waals surface area contributed by atoms with E-state index in [1.165, 1.54) is 51.4 Å². The van der Waals surface area contributed by atoms with Gasteiger partial charge < -0.3 is 6.15 Å². The van der Waals surface area contributed by atoms with Crippen LogP contribution in [0.25, 0.3) is 0 Å². The lowest BCUT2D eigenvalue weighted by Crippen LogP contribution is -2.09. The molecule has 3 N–H and O–H groups in total. The molecule has 1 aromatic carbocycles. The average molecular weight is 358 g/mol. The summed E-state index contributed by atoms with van der Waals surface area (Å²) in [6.45, 7) is 2.55. The van der Waals surface area contributed by atoms with Crippen LogP contribution in [-0.2, 0) is 20.1 Å². The van der Waals surface area contributed by atoms with Crippen molar-refractivity contribution < 1.29 is 12.6 Å². The highest BCUT2D eigenvalue weighted by molar-refractivity contribution is 7.85. The van der Waals surface area contributed by atoms with Gasteiger partial charge in [-0.1, -0.05) is 95.0 Å². The predicted molar refractivity (Wildman–Crippen MR) is 102 cm³/mol. The zero-order valence-corrected chi connectivity index (χ0v) is 16.0. The van der Waals surface area contributed by atoms with Gasteiger partial charge in [0.1, 0.15) is 5.75 Å². The van der Waals surface area contributed by atoms with E-state index in [1.807, 2.05) is 18.2 Å². The van der Waals surface area contributed by atoms with Crippen molar-refractivity contribution in [3.05, 3.63) is 35.9 Å². The largest absolute Gasteiger partial charge is 0.344 e. The first-order chi connectivity index (χ1) is 11.1. The highest BCUT2D eigenvalue weighted by atomic mass is 32.2. The maximum atomic E-state index is 11.8. The van der Waals surface area contributed by atoms with Crippen LogP contribution in [0.2, 0.25) is 0 Å². The molecule has 4 nitrogen and oxygen atoms in total. The first-order valence-electron chi connectivity index (χ1n) is 9.05. The fourth-order valence-electron chi connectivity index (χ4n) is 2.60. The molecule has 0 radical (unpaired) electrons. The first-order valence-corrected chi connectivity index (χ1v) is 10.6. The van der Waals surface area contributed by atoms with Gasteiger partial charge in [0.25, 0.3) is 10.1 Å². The van der Waals surface area contributed by atoms with E-state index in [9.17, 15) is 8.42 Å². The van der Waals surface area contributed by atoms with Gasteiger partial charge in [-0.25, -0.2) is 0 Å². The SMILES string of the molecule is CCCCCCCCCCCCOS(=O)(=O)Cc1ccccc1.N. The van der Waals surface area contributed by atoms with Crippen molar-refractivity contribution in [3.8, 4) is 0 Å². The van der Waals surface area contributed by atoms with E-state index < -0.39 is 10.1 Å². The zero-order valence-electron chi connectivity index (χ0n) is 15.2. The van der Waals surface area contributed by atoms with Crippen LogP contribution in [-0.4, -0.2) is 15.0 Å². The highest BCUT2D eigenvalue weighted by Gasteiger charge is 2.11. The Morgan fingerprint density at radius 2 is 1.29 bits per heavy atom. The van der Waals surface area contributed by atoms with Gasteiger partial charge in [-0.15, -0.1) is 0 Å². The van der Waals surface area contributed by atoms with E-state index in [0.29, 0.717) is 6.61 Å². The minimum Gasteiger partial charge on any atom is -0.344 e. The summed E-state index contributed by atoms with van der Waals surface area (Å²) in [5, 5.41) is 0. The summed E-state index contributed by atoms with van der Waals surface area (Å²) in [6.07, 6.45) is 12.3. The van der Waals surface area contributed by atoms with E-state index in [0.717, 1.165) is 18.4 Å². The zero-order chi connectivity index (χ0) is 16.8. The second-order valence-electron chi connectivity index (χ2n) is 6.19. The lowest BCUT2D eigenvalue weighted by Gasteiger charge is -2.06. The smallest absolute Gasteiger partial charge is 0.271 e. The molecule has 0 spiro atoms. The Morgan fingerprint density at radius 3 is 1.83 bits per heavy atom. The van der Waals surface area contributed by atoms with E-state index in [2.05, 4.69) is 6.92 Å². The van der Waals surface area contributed by atoms with Gasteiger partial charge in [0.2, 0.25) is 0 Å². The van der Waals surface area contributed by atoms with E-state index in [1.54, 1.807) is 12.1 Å². The topological polar surface area (TPSA) is 78.4 Å². The van der Waals surface area contributed by atoms with Gasteiger partial charge >= 0.3 is 0 Å². The summed E-state index contributed by atoms with van der Waals surface area (Å²) in [7, 11) is -3.44. The molecule has 1 aromatic rings. The molecule has 0 unspecified atom stereocenters. The minimum atomic E-state index is -3.44. The molecule has 0 saturated heterocycles. The molecule has 0 aliphatic rings. The Balaban J connectivity index is 0.00000529. The van der Waals surface area contributed by atoms with Crippen LogP contribution in [0, 0.1) is 0 Å². The number of unbranched alkanes of at least 4 members (excludes halogenated alkanes) is 9. The second kappa shape index (κ2) is 14.4. The molecular weight excluding hydrogens is 322 g/mol. The Hall–Kier alpha value is -0.910. The minimum absolute atomic E-state index is 0. The van der Waals surface area contributed by atoms with Crippen LogP contribution in [0.5, 0.6) is 0 Å². The normalized spacial score (nSPS) is 11.2. The van der Waals surface area contributed by atoms with E-state index >= 15 is 0 Å². The van der Waals surface area contributed by atoms with Crippen LogP contribution in [0.4, 0.5) is 0 Å². The number of benzene rings is 1. The van der Waals surface area contributed by atoms with Crippen molar-refractivity contribution in [3.63, 3.8) is 0 Å². The first kappa shape index (κ1) is 23.1. The molecule has 0 aliphatic carbocycles. The maximum Gasteiger partial charge on any atom is 0.271 e. The Morgan fingerprint density at radius 1 is 0.792 bits per heavy atom. The average Bonchev–Trinajstić information content (AvgIpc) is 2.53. The fourth-order valence-corrected chi connectivity index (χ4v) is 3.65. The van der Waals surface area contributed by atoms with Crippen LogP contribution in [0.1, 0.15) is 76.7 Å². The molecule has 0 amide bonds. The van der Waals surface area contributed by atoms with E-state index in [4.69, 9.17) is 4.18 Å². The van der Waals surface area contributed by atoms with Gasteiger partial charge in [0.05, 0.1) is 6.61 Å². The molecule has 0 heterocycles. The molecule has 140 valence electrons. The fraction of sp³-hybridized carbons (Fsp3) is 0.684. The third-order valence-electron chi connectivity index (χ3n) is 3.95. The molecule has 24 heavy (non-hydrogen) atoms. The number of rotatable bonds is 14. The molecule has 0 aromatic heterocycles. The van der Waals surface area contributed by atoms with Crippen molar-refractivity contribution in [2.45, 2.75) is 76.9 Å². The molecule has 0 aliphatic heterocycles. The summed E-state index contributed by atoms with van der Waals surface area (Å²) in [5.41, 5.74) is 0.774. The maximum absolute atomic E-state index is 11.8. The van der Waals surface area contributed by atoms with Gasteiger partial charge in [-0.05, 0) is 12.0 Å².